The van der Waals surface area contributed by atoms with Gasteiger partial charge in [-0.25, -0.2) is 14.5 Å². The summed E-state index contributed by atoms with van der Waals surface area (Å²) in [5.74, 6) is -1.82. The average molecular weight is 380 g/mol. The predicted octanol–water partition coefficient (Wildman–Crippen LogP) is 2.27. The zero-order chi connectivity index (χ0) is 20.1. The molecule has 7 heteroatoms. The molecular weight excluding hydrogens is 360 g/mol. The quantitative estimate of drug-likeness (QED) is 0.743. The number of carbonyl (C=O) groups excluding carboxylic acids is 4. The highest BCUT2D eigenvalue weighted by Crippen LogP contribution is 2.22. The van der Waals surface area contributed by atoms with E-state index in [-0.39, 0.29) is 18.5 Å². The Morgan fingerprint density at radius 3 is 2.21 bits per heavy atom. The molecule has 1 heterocycles. The maximum absolute atomic E-state index is 12.8. The molecule has 7 nitrogen and oxygen atoms in total. The highest BCUT2D eigenvalue weighted by Gasteiger charge is 2.48. The van der Waals surface area contributed by atoms with Gasteiger partial charge < -0.3 is 4.74 Å². The number of urea groups is 1. The van der Waals surface area contributed by atoms with Crippen LogP contribution in [-0.2, 0) is 20.7 Å². The van der Waals surface area contributed by atoms with Gasteiger partial charge in [0.1, 0.15) is 0 Å². The molecule has 1 aliphatic heterocycles. The van der Waals surface area contributed by atoms with E-state index >= 15 is 0 Å². The minimum Gasteiger partial charge on any atom is -0.467 e. The molecule has 0 radical (unpaired) electrons. The maximum atomic E-state index is 12.8. The molecule has 144 valence electrons. The highest BCUT2D eigenvalue weighted by molar-refractivity contribution is 6.12. The van der Waals surface area contributed by atoms with E-state index in [0.717, 1.165) is 15.4 Å². The van der Waals surface area contributed by atoms with Crippen molar-refractivity contribution in [1.29, 1.82) is 0 Å². The van der Waals surface area contributed by atoms with Crippen molar-refractivity contribution in [2.75, 3.05) is 13.7 Å². The molecule has 1 saturated heterocycles. The Labute approximate surface area is 162 Å². The smallest absolute Gasteiger partial charge is 0.334 e. The number of nitrogens with zero attached hydrogens (tertiary/aromatic N) is 2. The van der Waals surface area contributed by atoms with E-state index < -0.39 is 29.9 Å². The van der Waals surface area contributed by atoms with Crippen molar-refractivity contribution in [2.45, 2.75) is 18.9 Å². The van der Waals surface area contributed by atoms with Crippen molar-refractivity contribution < 1.29 is 23.9 Å². The fraction of sp³-hybridized carbons (Fsp3) is 0.238. The number of amides is 4. The molecule has 28 heavy (non-hydrogen) atoms. The van der Waals surface area contributed by atoms with Crippen LogP contribution in [0.3, 0.4) is 0 Å². The van der Waals surface area contributed by atoms with Crippen molar-refractivity contribution in [1.82, 2.24) is 9.80 Å². The lowest BCUT2D eigenvalue weighted by molar-refractivity contribution is -0.144. The second-order valence-electron chi connectivity index (χ2n) is 6.35. The molecule has 0 aliphatic carbocycles. The van der Waals surface area contributed by atoms with Gasteiger partial charge in [0.25, 0.3) is 5.91 Å². The number of ether oxygens (including phenoxy) is 1. The topological polar surface area (TPSA) is 84.0 Å². The second-order valence-corrected chi connectivity index (χ2v) is 6.35. The Kier molecular flexibility index (Phi) is 5.84. The molecule has 2 aromatic carbocycles. The number of carbonyl (C=O) groups is 4. The van der Waals surface area contributed by atoms with Crippen molar-refractivity contribution >= 4 is 23.8 Å². The monoisotopic (exact) mass is 380 g/mol. The van der Waals surface area contributed by atoms with Crippen LogP contribution >= 0.6 is 0 Å². The number of methoxy groups -OCH3 is 1. The largest absolute Gasteiger partial charge is 0.467 e. The minimum atomic E-state index is -1.16. The van der Waals surface area contributed by atoms with Crippen molar-refractivity contribution in [3.05, 3.63) is 71.8 Å². The summed E-state index contributed by atoms with van der Waals surface area (Å²) in [5, 5.41) is 0. The van der Waals surface area contributed by atoms with Gasteiger partial charge in [0.15, 0.2) is 6.04 Å². The summed E-state index contributed by atoms with van der Waals surface area (Å²) >= 11 is 0. The van der Waals surface area contributed by atoms with E-state index in [1.807, 2.05) is 30.3 Å². The lowest BCUT2D eigenvalue weighted by Gasteiger charge is -2.19. The predicted molar refractivity (Wildman–Crippen MR) is 100 cm³/mol. The molecule has 4 amide bonds. The van der Waals surface area contributed by atoms with Crippen LogP contribution in [0.2, 0.25) is 0 Å². The Balaban J connectivity index is 1.78. The van der Waals surface area contributed by atoms with Gasteiger partial charge >= 0.3 is 12.0 Å². The van der Waals surface area contributed by atoms with Crippen molar-refractivity contribution in [2.24, 2.45) is 0 Å². The van der Waals surface area contributed by atoms with E-state index in [4.69, 9.17) is 4.74 Å². The number of imide groups is 2. The molecule has 2 aromatic rings. The third-order valence-corrected chi connectivity index (χ3v) is 4.59. The lowest BCUT2D eigenvalue weighted by Crippen LogP contribution is -2.44. The van der Waals surface area contributed by atoms with Crippen LogP contribution in [0.5, 0.6) is 0 Å². The van der Waals surface area contributed by atoms with Gasteiger partial charge in [0, 0.05) is 12.0 Å². The third kappa shape index (κ3) is 3.93. The van der Waals surface area contributed by atoms with Crippen LogP contribution in [-0.4, -0.2) is 53.3 Å². The molecule has 0 bridgehead atoms. The Hall–Kier alpha value is -3.48. The van der Waals surface area contributed by atoms with Gasteiger partial charge in [-0.1, -0.05) is 48.5 Å². The zero-order valence-electron chi connectivity index (χ0n) is 15.4. The number of hydrogen-bond donors (Lipinski definition) is 0. The molecule has 0 aromatic heterocycles. The molecule has 0 N–H and O–H groups in total. The van der Waals surface area contributed by atoms with Crippen molar-refractivity contribution in [3.8, 4) is 0 Å². The van der Waals surface area contributed by atoms with Gasteiger partial charge in [-0.15, -0.1) is 0 Å². The van der Waals surface area contributed by atoms with Gasteiger partial charge in [0.05, 0.1) is 13.7 Å². The van der Waals surface area contributed by atoms with Gasteiger partial charge in [-0.2, -0.15) is 0 Å². The van der Waals surface area contributed by atoms with E-state index in [2.05, 4.69) is 0 Å². The standard InChI is InChI=1S/C21H20N2O5/c1-28-20(26)17-14-22(18(24)13-12-15-8-4-2-5-9-15)21(27)23(17)19(25)16-10-6-3-7-11-16/h2-11,17H,12-14H2,1H3/t17-/m1/s1. The van der Waals surface area contributed by atoms with Crippen LogP contribution in [0.25, 0.3) is 0 Å². The van der Waals surface area contributed by atoms with Crippen LogP contribution in [0.1, 0.15) is 22.3 Å². The second kappa shape index (κ2) is 8.47. The molecule has 0 spiro atoms. The first-order valence-electron chi connectivity index (χ1n) is 8.87. The summed E-state index contributed by atoms with van der Waals surface area (Å²) < 4.78 is 4.73. The zero-order valence-corrected chi connectivity index (χ0v) is 15.4. The van der Waals surface area contributed by atoms with Crippen LogP contribution in [0, 0.1) is 0 Å². The summed E-state index contributed by atoms with van der Waals surface area (Å²) in [6.07, 6.45) is 0.552. The number of esters is 1. The minimum absolute atomic E-state index is 0.0943. The third-order valence-electron chi connectivity index (χ3n) is 4.59. The van der Waals surface area contributed by atoms with Crippen LogP contribution in [0.4, 0.5) is 4.79 Å². The van der Waals surface area contributed by atoms with Gasteiger partial charge in [-0.05, 0) is 24.1 Å². The van der Waals surface area contributed by atoms with Gasteiger partial charge in [0.2, 0.25) is 5.91 Å². The van der Waals surface area contributed by atoms with Crippen LogP contribution in [0.15, 0.2) is 60.7 Å². The summed E-state index contributed by atoms with van der Waals surface area (Å²) in [7, 11) is 1.18. The molecule has 0 unspecified atom stereocenters. The fourth-order valence-electron chi connectivity index (χ4n) is 3.10. The first-order chi connectivity index (χ1) is 13.5. The van der Waals surface area contributed by atoms with E-state index in [1.54, 1.807) is 30.3 Å². The lowest BCUT2D eigenvalue weighted by atomic mass is 10.1. The maximum Gasteiger partial charge on any atom is 0.334 e. The summed E-state index contributed by atoms with van der Waals surface area (Å²) in [4.78, 5) is 52.1. The molecule has 1 atom stereocenters. The van der Waals surface area contributed by atoms with Gasteiger partial charge in [-0.3, -0.25) is 14.5 Å². The Morgan fingerprint density at radius 1 is 1.00 bits per heavy atom. The molecule has 3 rings (SSSR count). The fourth-order valence-corrected chi connectivity index (χ4v) is 3.10. The summed E-state index contributed by atoms with van der Waals surface area (Å²) in [6, 6.07) is 15.6. The van der Waals surface area contributed by atoms with E-state index in [9.17, 15) is 19.2 Å². The van der Waals surface area contributed by atoms with Crippen molar-refractivity contribution in [3.63, 3.8) is 0 Å². The molecular formula is C21H20N2O5. The molecule has 0 saturated carbocycles. The number of rotatable bonds is 5. The first-order valence-corrected chi connectivity index (χ1v) is 8.87. The number of aryl methyl sites for hydroxylation is 1. The van der Waals surface area contributed by atoms with Crippen LogP contribution < -0.4 is 0 Å². The Bertz CT molecular complexity index is 882. The molecule has 1 fully saturated rings. The Morgan fingerprint density at radius 2 is 1.61 bits per heavy atom. The average Bonchev–Trinajstić information content (AvgIpc) is 3.09. The first kappa shape index (κ1) is 19.3. The highest BCUT2D eigenvalue weighted by atomic mass is 16.5. The summed E-state index contributed by atoms with van der Waals surface area (Å²) in [6.45, 7) is -0.211. The SMILES string of the molecule is COC(=O)[C@H]1CN(C(=O)CCc2ccccc2)C(=O)N1C(=O)c1ccccc1. The number of hydrogen-bond acceptors (Lipinski definition) is 5. The van der Waals surface area contributed by atoms with E-state index in [0.29, 0.717) is 6.42 Å². The summed E-state index contributed by atoms with van der Waals surface area (Å²) in [5.41, 5.74) is 1.22. The normalized spacial score (nSPS) is 16.2. The molecule has 1 aliphatic rings. The number of benzene rings is 2. The van der Waals surface area contributed by atoms with E-state index in [1.165, 1.54) is 7.11 Å².